The van der Waals surface area contributed by atoms with Crippen LogP contribution in [-0.2, 0) is 15.7 Å². The molecular weight excluding hydrogens is 467 g/mol. The Balaban J connectivity index is 1.37. The van der Waals surface area contributed by atoms with Crippen molar-refractivity contribution in [1.82, 2.24) is 9.34 Å². The highest BCUT2D eigenvalue weighted by Crippen LogP contribution is 2.61. The monoisotopic (exact) mass is 487 g/mol. The van der Waals surface area contributed by atoms with Crippen LogP contribution in [0.2, 0.25) is 0 Å². The maximum absolute atomic E-state index is 14.6. The lowest BCUT2D eigenvalue weighted by molar-refractivity contribution is -0.385. The molecule has 2 heterocycles. The normalized spacial score (nSPS) is 15.8. The van der Waals surface area contributed by atoms with Gasteiger partial charge in [-0.25, -0.2) is 18.1 Å². The Labute approximate surface area is 194 Å². The van der Waals surface area contributed by atoms with Crippen molar-refractivity contribution in [3.05, 3.63) is 88.0 Å². The summed E-state index contributed by atoms with van der Waals surface area (Å²) in [5.74, 6) is -1.04. The Morgan fingerprint density at radius 3 is 2.00 bits per heavy atom. The molecule has 34 heavy (non-hydrogen) atoms. The standard InChI is InChI=1S/C23H20F2N3O5P/c24-19-5-1-16(2-6-19)17-3-7-20(8-4-17)33-23-13-18(21(25)14-22(23)28(29)30)15-32-34(31,26-9-10-26)27-11-12-27/h1-8,13-14H,9-12,15H2. The van der Waals surface area contributed by atoms with Crippen molar-refractivity contribution in [2.24, 2.45) is 0 Å². The van der Waals surface area contributed by atoms with Gasteiger partial charge in [0.25, 0.3) is 0 Å². The van der Waals surface area contributed by atoms with Crippen LogP contribution < -0.4 is 4.74 Å². The number of rotatable bonds is 9. The first-order valence-electron chi connectivity index (χ1n) is 10.6. The molecule has 0 saturated carbocycles. The molecule has 2 fully saturated rings. The van der Waals surface area contributed by atoms with Gasteiger partial charge in [-0.05, 0) is 41.5 Å². The highest BCUT2D eigenvalue weighted by Gasteiger charge is 2.49. The number of nitro groups is 1. The Morgan fingerprint density at radius 1 is 0.912 bits per heavy atom. The lowest BCUT2D eigenvalue weighted by Crippen LogP contribution is -2.09. The van der Waals surface area contributed by atoms with E-state index in [1.165, 1.54) is 18.2 Å². The van der Waals surface area contributed by atoms with Crippen LogP contribution in [-0.4, -0.2) is 40.4 Å². The molecule has 11 heteroatoms. The second-order valence-electron chi connectivity index (χ2n) is 7.97. The third-order valence-corrected chi connectivity index (χ3v) is 8.23. The predicted octanol–water partition coefficient (Wildman–Crippen LogP) is 5.59. The molecule has 0 spiro atoms. The maximum Gasteiger partial charge on any atom is 0.346 e. The van der Waals surface area contributed by atoms with Crippen LogP contribution in [0.4, 0.5) is 14.5 Å². The molecule has 2 saturated heterocycles. The zero-order valence-corrected chi connectivity index (χ0v) is 18.8. The average molecular weight is 487 g/mol. The minimum atomic E-state index is -3.18. The maximum atomic E-state index is 14.6. The number of ether oxygens (including phenoxy) is 1. The van der Waals surface area contributed by atoms with Crippen LogP contribution >= 0.6 is 7.67 Å². The first-order chi connectivity index (χ1) is 16.3. The molecule has 8 nitrogen and oxygen atoms in total. The third kappa shape index (κ3) is 4.71. The fraction of sp³-hybridized carbons (Fsp3) is 0.217. The Hall–Kier alpha value is -3.17. The minimum Gasteiger partial charge on any atom is -0.450 e. The van der Waals surface area contributed by atoms with Crippen LogP contribution in [0.5, 0.6) is 11.5 Å². The van der Waals surface area contributed by atoms with E-state index in [9.17, 15) is 23.5 Å². The van der Waals surface area contributed by atoms with Gasteiger partial charge in [0.2, 0.25) is 5.75 Å². The van der Waals surface area contributed by atoms with E-state index in [0.29, 0.717) is 31.9 Å². The fourth-order valence-electron chi connectivity index (χ4n) is 3.50. The average Bonchev–Trinajstić information content (AvgIpc) is 3.71. The van der Waals surface area contributed by atoms with Gasteiger partial charge < -0.3 is 9.26 Å². The molecule has 2 aliphatic rings. The zero-order valence-electron chi connectivity index (χ0n) is 17.9. The summed E-state index contributed by atoms with van der Waals surface area (Å²) in [7, 11) is -3.18. The highest BCUT2D eigenvalue weighted by molar-refractivity contribution is 7.54. The second-order valence-corrected chi connectivity index (χ2v) is 10.3. The number of halogens is 2. The summed E-state index contributed by atoms with van der Waals surface area (Å²) in [6.45, 7) is 2.29. The summed E-state index contributed by atoms with van der Waals surface area (Å²) in [6.07, 6.45) is 0. The number of nitrogens with zero attached hydrogens (tertiary/aromatic N) is 3. The van der Waals surface area contributed by atoms with Gasteiger partial charge in [0.05, 0.1) is 17.6 Å². The van der Waals surface area contributed by atoms with E-state index < -0.39 is 24.1 Å². The first-order valence-corrected chi connectivity index (χ1v) is 12.1. The number of benzene rings is 3. The van der Waals surface area contributed by atoms with E-state index in [2.05, 4.69) is 0 Å². The molecule has 0 atom stereocenters. The van der Waals surface area contributed by atoms with Gasteiger partial charge in [-0.1, -0.05) is 24.3 Å². The van der Waals surface area contributed by atoms with Crippen molar-refractivity contribution in [3.8, 4) is 22.6 Å². The number of hydrogen-bond donors (Lipinski definition) is 0. The molecule has 5 rings (SSSR count). The smallest absolute Gasteiger partial charge is 0.346 e. The van der Waals surface area contributed by atoms with Gasteiger partial charge >= 0.3 is 13.4 Å². The summed E-state index contributed by atoms with van der Waals surface area (Å²) in [5.41, 5.74) is 1.06. The molecule has 0 amide bonds. The van der Waals surface area contributed by atoms with Gasteiger partial charge in [-0.15, -0.1) is 0 Å². The molecule has 0 unspecified atom stereocenters. The summed E-state index contributed by atoms with van der Waals surface area (Å²) in [4.78, 5) is 10.8. The summed E-state index contributed by atoms with van der Waals surface area (Å²) < 4.78 is 55.6. The van der Waals surface area contributed by atoms with E-state index in [1.54, 1.807) is 45.7 Å². The second kappa shape index (κ2) is 8.88. The Bertz CT molecular complexity index is 1260. The van der Waals surface area contributed by atoms with Gasteiger partial charge in [0.15, 0.2) is 0 Å². The zero-order chi connectivity index (χ0) is 23.9. The minimum absolute atomic E-state index is 0.00690. The molecule has 2 aliphatic heterocycles. The van der Waals surface area contributed by atoms with Gasteiger partial charge in [0.1, 0.15) is 17.4 Å². The molecule has 3 aromatic rings. The molecule has 0 bridgehead atoms. The number of hydrogen-bond acceptors (Lipinski definition) is 5. The van der Waals surface area contributed by atoms with Crippen LogP contribution in [0.1, 0.15) is 5.56 Å². The van der Waals surface area contributed by atoms with E-state index in [0.717, 1.165) is 17.2 Å². The van der Waals surface area contributed by atoms with Gasteiger partial charge in [-0.3, -0.25) is 14.7 Å². The van der Waals surface area contributed by atoms with Crippen molar-refractivity contribution in [1.29, 1.82) is 0 Å². The quantitative estimate of drug-likeness (QED) is 0.168. The van der Waals surface area contributed by atoms with Crippen molar-refractivity contribution < 1.29 is 27.5 Å². The van der Waals surface area contributed by atoms with Crippen LogP contribution in [0.3, 0.4) is 0 Å². The van der Waals surface area contributed by atoms with E-state index in [1.807, 2.05) is 0 Å². The lowest BCUT2D eigenvalue weighted by Gasteiger charge is -2.20. The largest absolute Gasteiger partial charge is 0.450 e. The third-order valence-electron chi connectivity index (χ3n) is 5.53. The molecule has 0 aliphatic carbocycles. The summed E-state index contributed by atoms with van der Waals surface area (Å²) in [6, 6.07) is 14.6. The van der Waals surface area contributed by atoms with Crippen molar-refractivity contribution in [2.75, 3.05) is 26.2 Å². The summed E-state index contributed by atoms with van der Waals surface area (Å²) >= 11 is 0. The van der Waals surface area contributed by atoms with Crippen LogP contribution in [0, 0.1) is 21.7 Å². The molecule has 3 aromatic carbocycles. The molecule has 0 aromatic heterocycles. The van der Waals surface area contributed by atoms with Crippen molar-refractivity contribution in [2.45, 2.75) is 6.61 Å². The fourth-order valence-corrected chi connectivity index (χ4v) is 5.68. The van der Waals surface area contributed by atoms with Gasteiger partial charge in [0, 0.05) is 31.7 Å². The van der Waals surface area contributed by atoms with E-state index in [-0.39, 0.29) is 23.7 Å². The molecule has 0 N–H and O–H groups in total. The molecular formula is C23H20F2N3O5P. The first kappa shape index (κ1) is 22.6. The van der Waals surface area contributed by atoms with Crippen molar-refractivity contribution in [3.63, 3.8) is 0 Å². The van der Waals surface area contributed by atoms with Crippen molar-refractivity contribution >= 4 is 13.4 Å². The number of nitro benzene ring substituents is 1. The predicted molar refractivity (Wildman–Crippen MR) is 121 cm³/mol. The highest BCUT2D eigenvalue weighted by atomic mass is 31.2. The Morgan fingerprint density at radius 2 is 1.47 bits per heavy atom. The Kier molecular flexibility index (Phi) is 5.91. The summed E-state index contributed by atoms with van der Waals surface area (Å²) in [5, 5.41) is 11.5. The van der Waals surface area contributed by atoms with E-state index >= 15 is 0 Å². The van der Waals surface area contributed by atoms with Gasteiger partial charge in [-0.2, -0.15) is 0 Å². The van der Waals surface area contributed by atoms with Crippen LogP contribution in [0.15, 0.2) is 60.7 Å². The topological polar surface area (TPSA) is 84.7 Å². The SMILES string of the molecule is O=[N+]([O-])c1cc(F)c(COP(=O)(N2CC2)N2CC2)cc1Oc1ccc(-c2ccc(F)cc2)cc1. The molecule has 0 radical (unpaired) electrons. The lowest BCUT2D eigenvalue weighted by atomic mass is 10.1. The molecule has 176 valence electrons. The van der Waals surface area contributed by atoms with E-state index in [4.69, 9.17) is 9.26 Å². The van der Waals surface area contributed by atoms with Crippen LogP contribution in [0.25, 0.3) is 11.1 Å².